The fraction of sp³-hybridized carbons (Fsp3) is 0.786. The summed E-state index contributed by atoms with van der Waals surface area (Å²) in [7, 11) is 0. The third kappa shape index (κ3) is 1.39. The van der Waals surface area contributed by atoms with Crippen molar-refractivity contribution in [1.82, 2.24) is 0 Å². The first kappa shape index (κ1) is 11.4. The summed E-state index contributed by atoms with van der Waals surface area (Å²) in [6, 6.07) is 0. The number of carbonyl (C=O) groups excluding carboxylic acids is 1. The van der Waals surface area contributed by atoms with Gasteiger partial charge in [-0.2, -0.15) is 0 Å². The molecule has 0 radical (unpaired) electrons. The summed E-state index contributed by atoms with van der Waals surface area (Å²) in [5.41, 5.74) is 0.658. The molecule has 0 aromatic rings. The maximum atomic E-state index is 11.9. The van der Waals surface area contributed by atoms with Gasteiger partial charge in [-0.25, -0.2) is 0 Å². The number of rotatable bonds is 0. The van der Waals surface area contributed by atoms with Gasteiger partial charge in [-0.3, -0.25) is 4.79 Å². The number of ether oxygens (including phenoxy) is 1. The lowest BCUT2D eigenvalue weighted by atomic mass is 9.63. The number of hydrogen-bond donors (Lipinski definition) is 1. The van der Waals surface area contributed by atoms with Crippen LogP contribution in [0, 0.1) is 10.8 Å². The number of carbonyl (C=O) groups is 1. The molecule has 0 amide bonds. The molecular formula is C14H20O3. The predicted octanol–water partition coefficient (Wildman–Crippen LogP) is 2.19. The molecule has 3 aliphatic rings. The molecule has 3 atom stereocenters. The van der Waals surface area contributed by atoms with Crippen LogP contribution in [-0.2, 0) is 9.53 Å². The van der Waals surface area contributed by atoms with Gasteiger partial charge in [-0.05, 0) is 29.9 Å². The van der Waals surface area contributed by atoms with Gasteiger partial charge in [-0.15, -0.1) is 0 Å². The molecule has 1 heterocycles. The molecule has 0 aromatic heterocycles. The fourth-order valence-electron chi connectivity index (χ4n) is 4.21. The average Bonchev–Trinajstić information content (AvgIpc) is 2.48. The molecule has 0 bridgehead atoms. The summed E-state index contributed by atoms with van der Waals surface area (Å²) in [6.07, 6.45) is 3.95. The zero-order chi connectivity index (χ0) is 12.5. The summed E-state index contributed by atoms with van der Waals surface area (Å²) in [4.78, 5) is 11.9. The summed E-state index contributed by atoms with van der Waals surface area (Å²) >= 11 is 0. The predicted molar refractivity (Wildman–Crippen MR) is 63.3 cm³/mol. The highest BCUT2D eigenvalue weighted by Crippen LogP contribution is 2.64. The van der Waals surface area contributed by atoms with Crippen LogP contribution in [0.15, 0.2) is 11.6 Å². The van der Waals surface area contributed by atoms with Crippen LogP contribution in [0.5, 0.6) is 0 Å². The Balaban J connectivity index is 2.14. The summed E-state index contributed by atoms with van der Waals surface area (Å²) in [5.74, 6) is 0.188. The van der Waals surface area contributed by atoms with E-state index in [1.807, 2.05) is 0 Å². The van der Waals surface area contributed by atoms with Gasteiger partial charge in [0.1, 0.15) is 0 Å². The molecule has 94 valence electrons. The Morgan fingerprint density at radius 3 is 2.76 bits per heavy atom. The van der Waals surface area contributed by atoms with Crippen molar-refractivity contribution in [2.45, 2.75) is 58.3 Å². The monoisotopic (exact) mass is 236 g/mol. The molecule has 0 aromatic carbocycles. The highest BCUT2D eigenvalue weighted by molar-refractivity contribution is 5.93. The molecule has 1 saturated carbocycles. The summed E-state index contributed by atoms with van der Waals surface area (Å²) < 4.78 is 5.90. The first-order valence-electron chi connectivity index (χ1n) is 6.36. The Morgan fingerprint density at radius 1 is 1.35 bits per heavy atom. The molecular weight excluding hydrogens is 216 g/mol. The topological polar surface area (TPSA) is 46.5 Å². The molecule has 1 aliphatic heterocycles. The largest absolute Gasteiger partial charge is 0.368 e. The lowest BCUT2D eigenvalue weighted by Crippen LogP contribution is -2.46. The molecule has 2 fully saturated rings. The Bertz CT molecular complexity index is 423. The van der Waals surface area contributed by atoms with Gasteiger partial charge in [0, 0.05) is 18.3 Å². The smallest absolute Gasteiger partial charge is 0.156 e. The van der Waals surface area contributed by atoms with Crippen LogP contribution >= 0.6 is 0 Å². The van der Waals surface area contributed by atoms with E-state index in [1.54, 1.807) is 6.08 Å². The van der Waals surface area contributed by atoms with Crippen LogP contribution in [0.25, 0.3) is 0 Å². The van der Waals surface area contributed by atoms with Crippen LogP contribution in [0.2, 0.25) is 0 Å². The van der Waals surface area contributed by atoms with E-state index in [0.717, 1.165) is 18.4 Å². The van der Waals surface area contributed by atoms with E-state index in [0.29, 0.717) is 12.8 Å². The molecule has 1 N–H and O–H groups in total. The normalized spacial score (nSPS) is 47.6. The van der Waals surface area contributed by atoms with Crippen molar-refractivity contribution in [3.05, 3.63) is 11.6 Å². The van der Waals surface area contributed by atoms with E-state index in [4.69, 9.17) is 4.74 Å². The second-order valence-corrected chi connectivity index (χ2v) is 6.99. The SMILES string of the molecule is CC1(C)CC2=CC(=O)C[C@]3(C)C[C@@H](O)O[C@]23C1. The van der Waals surface area contributed by atoms with Crippen molar-refractivity contribution in [2.24, 2.45) is 10.8 Å². The lowest BCUT2D eigenvalue weighted by Gasteiger charge is -2.43. The summed E-state index contributed by atoms with van der Waals surface area (Å²) in [6.45, 7) is 6.51. The standard InChI is InChI=1S/C14H20O3/c1-12(2)5-9-4-10(15)6-13(3)7-11(16)17-14(9,13)8-12/h4,11,16H,5-8H2,1-3H3/t11-,13+,14+/m0/s1. The van der Waals surface area contributed by atoms with Gasteiger partial charge < -0.3 is 9.84 Å². The zero-order valence-corrected chi connectivity index (χ0v) is 10.7. The quantitative estimate of drug-likeness (QED) is 0.701. The van der Waals surface area contributed by atoms with Gasteiger partial charge >= 0.3 is 0 Å². The Labute approximate surface area is 102 Å². The number of allylic oxidation sites excluding steroid dienone is 1. The number of hydrogen-bond acceptors (Lipinski definition) is 3. The zero-order valence-electron chi connectivity index (χ0n) is 10.7. The van der Waals surface area contributed by atoms with Gasteiger partial charge in [0.2, 0.25) is 0 Å². The van der Waals surface area contributed by atoms with E-state index in [-0.39, 0.29) is 22.2 Å². The maximum Gasteiger partial charge on any atom is 0.156 e. The summed E-state index contributed by atoms with van der Waals surface area (Å²) in [5, 5.41) is 9.86. The second kappa shape index (κ2) is 3.01. The molecule has 2 aliphatic carbocycles. The molecule has 1 spiro atoms. The van der Waals surface area contributed by atoms with Gasteiger partial charge in [0.25, 0.3) is 0 Å². The molecule has 3 nitrogen and oxygen atoms in total. The number of aliphatic hydroxyl groups excluding tert-OH is 1. The Morgan fingerprint density at radius 2 is 2.06 bits per heavy atom. The molecule has 1 saturated heterocycles. The fourth-order valence-corrected chi connectivity index (χ4v) is 4.21. The molecule has 0 unspecified atom stereocenters. The molecule has 3 rings (SSSR count). The minimum atomic E-state index is -0.719. The first-order valence-corrected chi connectivity index (χ1v) is 6.36. The minimum Gasteiger partial charge on any atom is -0.368 e. The van der Waals surface area contributed by atoms with Gasteiger partial charge in [-0.1, -0.05) is 20.8 Å². The van der Waals surface area contributed by atoms with E-state index in [2.05, 4.69) is 20.8 Å². The van der Waals surface area contributed by atoms with Crippen LogP contribution in [-0.4, -0.2) is 22.8 Å². The lowest BCUT2D eigenvalue weighted by molar-refractivity contribution is -0.143. The van der Waals surface area contributed by atoms with Crippen LogP contribution in [0.1, 0.15) is 46.5 Å². The van der Waals surface area contributed by atoms with Crippen molar-refractivity contribution >= 4 is 5.78 Å². The van der Waals surface area contributed by atoms with Crippen LogP contribution in [0.4, 0.5) is 0 Å². The maximum absolute atomic E-state index is 11.9. The third-order valence-electron chi connectivity index (χ3n) is 4.75. The van der Waals surface area contributed by atoms with Crippen LogP contribution < -0.4 is 0 Å². The average molecular weight is 236 g/mol. The second-order valence-electron chi connectivity index (χ2n) is 6.99. The minimum absolute atomic E-state index is 0.155. The highest BCUT2D eigenvalue weighted by Gasteiger charge is 2.65. The first-order chi connectivity index (χ1) is 7.76. The van der Waals surface area contributed by atoms with E-state index in [1.165, 1.54) is 0 Å². The Hall–Kier alpha value is -0.670. The van der Waals surface area contributed by atoms with Crippen molar-refractivity contribution < 1.29 is 14.6 Å². The van der Waals surface area contributed by atoms with Crippen LogP contribution in [0.3, 0.4) is 0 Å². The van der Waals surface area contributed by atoms with Gasteiger partial charge in [0.15, 0.2) is 12.1 Å². The number of aliphatic hydroxyl groups is 1. The van der Waals surface area contributed by atoms with Crippen molar-refractivity contribution in [3.8, 4) is 0 Å². The molecule has 3 heteroatoms. The highest BCUT2D eigenvalue weighted by atomic mass is 16.6. The van der Waals surface area contributed by atoms with E-state index in [9.17, 15) is 9.90 Å². The van der Waals surface area contributed by atoms with E-state index < -0.39 is 6.29 Å². The molecule has 17 heavy (non-hydrogen) atoms. The number of ketones is 1. The third-order valence-corrected chi connectivity index (χ3v) is 4.75. The van der Waals surface area contributed by atoms with Crippen molar-refractivity contribution in [3.63, 3.8) is 0 Å². The van der Waals surface area contributed by atoms with Gasteiger partial charge in [0.05, 0.1) is 5.60 Å². The van der Waals surface area contributed by atoms with Crippen molar-refractivity contribution in [2.75, 3.05) is 0 Å². The van der Waals surface area contributed by atoms with E-state index >= 15 is 0 Å². The van der Waals surface area contributed by atoms with Crippen molar-refractivity contribution in [1.29, 1.82) is 0 Å². The Kier molecular flexibility index (Phi) is 2.02.